The molecule has 0 aliphatic carbocycles. The van der Waals surface area contributed by atoms with Crippen molar-refractivity contribution in [2.24, 2.45) is 0 Å². The Balaban J connectivity index is 1.05. The second-order valence-electron chi connectivity index (χ2n) is 13.7. The van der Waals surface area contributed by atoms with E-state index < -0.39 is 0 Å². The lowest BCUT2D eigenvalue weighted by Crippen LogP contribution is -2.10. The number of rotatable bonds is 5. The van der Waals surface area contributed by atoms with Gasteiger partial charge in [0.15, 0.2) is 5.58 Å². The highest BCUT2D eigenvalue weighted by Gasteiger charge is 2.20. The molecule has 0 saturated heterocycles. The molecule has 0 radical (unpaired) electrons. The molecule has 0 spiro atoms. The molecule has 0 aliphatic rings. The van der Waals surface area contributed by atoms with Crippen LogP contribution in [0.2, 0.25) is 0 Å². The second kappa shape index (κ2) is 11.9. The van der Waals surface area contributed by atoms with Gasteiger partial charge in [-0.05, 0) is 98.4 Å². The van der Waals surface area contributed by atoms with Crippen LogP contribution in [-0.4, -0.2) is 0 Å². The zero-order chi connectivity index (χ0) is 34.9. The van der Waals surface area contributed by atoms with E-state index in [0.717, 1.165) is 39.0 Å². The molecule has 2 nitrogen and oxygen atoms in total. The fourth-order valence-electron chi connectivity index (χ4n) is 8.13. The third-order valence-corrected chi connectivity index (χ3v) is 11.8. The van der Waals surface area contributed by atoms with E-state index in [0.29, 0.717) is 0 Å². The standard InChI is InChI=1S/C50H31NOS/c1-2-11-39-33(9-1)10-7-14-40(39)34-23-28-38(29-24-34)51(45-16-8-15-42-41-12-3-5-17-46(41)52-50(42)45)37-26-21-32(22-27-37)36-20-19-35-25-30-48-49(44(35)31-36)43-13-4-6-18-47(43)53-48/h1-31H. The van der Waals surface area contributed by atoms with Gasteiger partial charge in [0.1, 0.15) is 5.58 Å². The molecule has 0 aliphatic heterocycles. The molecule has 0 N–H and O–H groups in total. The van der Waals surface area contributed by atoms with E-state index in [2.05, 4.69) is 181 Å². The summed E-state index contributed by atoms with van der Waals surface area (Å²) in [6.45, 7) is 0. The summed E-state index contributed by atoms with van der Waals surface area (Å²) < 4.78 is 9.26. The van der Waals surface area contributed by atoms with Crippen molar-refractivity contribution in [3.8, 4) is 22.3 Å². The van der Waals surface area contributed by atoms with E-state index in [1.165, 1.54) is 64.0 Å². The van der Waals surface area contributed by atoms with Gasteiger partial charge < -0.3 is 9.32 Å². The predicted molar refractivity (Wildman–Crippen MR) is 227 cm³/mol. The Kier molecular flexibility index (Phi) is 6.76. The number of furan rings is 1. The van der Waals surface area contributed by atoms with Gasteiger partial charge in [0.25, 0.3) is 0 Å². The average Bonchev–Trinajstić information content (AvgIpc) is 3.81. The van der Waals surface area contributed by atoms with Crippen LogP contribution in [0.4, 0.5) is 17.1 Å². The van der Waals surface area contributed by atoms with Crippen LogP contribution < -0.4 is 4.90 Å². The van der Waals surface area contributed by atoms with Gasteiger partial charge >= 0.3 is 0 Å². The number of anilines is 3. The minimum absolute atomic E-state index is 0.873. The summed E-state index contributed by atoms with van der Waals surface area (Å²) in [5.74, 6) is 0. The predicted octanol–water partition coefficient (Wildman–Crippen LogP) is 15.1. The molecule has 53 heavy (non-hydrogen) atoms. The maximum Gasteiger partial charge on any atom is 0.159 e. The monoisotopic (exact) mass is 693 g/mol. The lowest BCUT2D eigenvalue weighted by atomic mass is 9.97. The molecule has 11 aromatic rings. The summed E-state index contributed by atoms with van der Waals surface area (Å²) in [7, 11) is 0. The van der Waals surface area contributed by atoms with Crippen molar-refractivity contribution in [1.29, 1.82) is 0 Å². The smallest absolute Gasteiger partial charge is 0.159 e. The number of fused-ring (bicyclic) bond motifs is 9. The molecule has 0 fully saturated rings. The number of nitrogens with zero attached hydrogens (tertiary/aromatic N) is 1. The van der Waals surface area contributed by atoms with Gasteiger partial charge in [-0.1, -0.05) is 133 Å². The highest BCUT2D eigenvalue weighted by molar-refractivity contribution is 7.26. The summed E-state index contributed by atoms with van der Waals surface area (Å²) in [5.41, 5.74) is 9.69. The fourth-order valence-corrected chi connectivity index (χ4v) is 9.25. The molecule has 3 heteroatoms. The lowest BCUT2D eigenvalue weighted by molar-refractivity contribution is 0.669. The van der Waals surface area contributed by atoms with Gasteiger partial charge in [0.2, 0.25) is 0 Å². The zero-order valence-corrected chi connectivity index (χ0v) is 29.5. The van der Waals surface area contributed by atoms with Crippen LogP contribution in [0.5, 0.6) is 0 Å². The first-order valence-corrected chi connectivity index (χ1v) is 18.8. The molecule has 0 amide bonds. The van der Waals surface area contributed by atoms with E-state index in [1.807, 2.05) is 23.5 Å². The van der Waals surface area contributed by atoms with Crippen LogP contribution in [0.25, 0.3) is 85.9 Å². The van der Waals surface area contributed by atoms with Crippen molar-refractivity contribution in [1.82, 2.24) is 0 Å². The van der Waals surface area contributed by atoms with Gasteiger partial charge in [-0.3, -0.25) is 0 Å². The van der Waals surface area contributed by atoms with Gasteiger partial charge in [-0.25, -0.2) is 0 Å². The first-order valence-electron chi connectivity index (χ1n) is 18.0. The first-order chi connectivity index (χ1) is 26.3. The van der Waals surface area contributed by atoms with Crippen molar-refractivity contribution in [2.75, 3.05) is 4.90 Å². The Morgan fingerprint density at radius 2 is 1.02 bits per heavy atom. The van der Waals surface area contributed by atoms with E-state index in [9.17, 15) is 0 Å². The summed E-state index contributed by atoms with van der Waals surface area (Å²) in [6.07, 6.45) is 0. The number of benzene rings is 9. The highest BCUT2D eigenvalue weighted by atomic mass is 32.1. The number of para-hydroxylation sites is 2. The summed E-state index contributed by atoms with van der Waals surface area (Å²) >= 11 is 1.87. The minimum Gasteiger partial charge on any atom is -0.454 e. The number of hydrogen-bond acceptors (Lipinski definition) is 3. The maximum atomic E-state index is 6.60. The molecule has 2 heterocycles. The van der Waals surface area contributed by atoms with E-state index in [1.54, 1.807) is 0 Å². The normalized spacial score (nSPS) is 11.8. The molecule has 9 aromatic carbocycles. The van der Waals surface area contributed by atoms with Crippen LogP contribution in [-0.2, 0) is 0 Å². The Morgan fingerprint density at radius 3 is 1.87 bits per heavy atom. The van der Waals surface area contributed by atoms with Gasteiger partial charge in [-0.2, -0.15) is 0 Å². The third kappa shape index (κ3) is 4.86. The summed E-state index contributed by atoms with van der Waals surface area (Å²) in [6, 6.07) is 67.9. The summed E-state index contributed by atoms with van der Waals surface area (Å²) in [5, 5.41) is 9.96. The molecular formula is C50H31NOS. The third-order valence-electron chi connectivity index (χ3n) is 10.7. The average molecular weight is 694 g/mol. The number of thiophene rings is 1. The highest BCUT2D eigenvalue weighted by Crippen LogP contribution is 2.44. The molecule has 248 valence electrons. The molecule has 2 aromatic heterocycles. The molecule has 0 bridgehead atoms. The van der Waals surface area contributed by atoms with Crippen molar-refractivity contribution >= 4 is 92.1 Å². The van der Waals surface area contributed by atoms with Crippen LogP contribution in [0.3, 0.4) is 0 Å². The second-order valence-corrected chi connectivity index (χ2v) is 14.8. The Bertz CT molecular complexity index is 3160. The summed E-state index contributed by atoms with van der Waals surface area (Å²) in [4.78, 5) is 2.32. The van der Waals surface area contributed by atoms with Gasteiger partial charge in [-0.15, -0.1) is 11.3 Å². The van der Waals surface area contributed by atoms with Crippen LogP contribution >= 0.6 is 11.3 Å². The van der Waals surface area contributed by atoms with Crippen LogP contribution in [0, 0.1) is 0 Å². The van der Waals surface area contributed by atoms with Crippen molar-refractivity contribution < 1.29 is 4.42 Å². The Morgan fingerprint density at radius 1 is 0.396 bits per heavy atom. The fraction of sp³-hybridized carbons (Fsp3) is 0. The van der Waals surface area contributed by atoms with Crippen molar-refractivity contribution in [3.63, 3.8) is 0 Å². The topological polar surface area (TPSA) is 16.4 Å². The maximum absolute atomic E-state index is 6.60. The van der Waals surface area contributed by atoms with E-state index in [4.69, 9.17) is 4.42 Å². The van der Waals surface area contributed by atoms with Gasteiger partial charge in [0.05, 0.1) is 5.69 Å². The molecular weight excluding hydrogens is 663 g/mol. The van der Waals surface area contributed by atoms with Gasteiger partial charge in [0, 0.05) is 42.3 Å². The van der Waals surface area contributed by atoms with Crippen LogP contribution in [0.15, 0.2) is 192 Å². The SMILES string of the molecule is c1ccc2c(-c3ccc(N(c4ccc(-c5ccc6ccc7sc8ccccc8c7c6c5)cc4)c4cccc5c4oc4ccccc45)cc3)cccc2c1. The first kappa shape index (κ1) is 30.0. The largest absolute Gasteiger partial charge is 0.454 e. The Labute approximate surface area is 310 Å². The van der Waals surface area contributed by atoms with Crippen LogP contribution in [0.1, 0.15) is 0 Å². The Hall–Kier alpha value is -6.68. The molecule has 0 saturated carbocycles. The molecule has 0 unspecified atom stereocenters. The minimum atomic E-state index is 0.873. The van der Waals surface area contributed by atoms with Crippen molar-refractivity contribution in [3.05, 3.63) is 188 Å². The number of hydrogen-bond donors (Lipinski definition) is 0. The quantitative estimate of drug-likeness (QED) is 0.178. The van der Waals surface area contributed by atoms with E-state index in [-0.39, 0.29) is 0 Å². The van der Waals surface area contributed by atoms with E-state index >= 15 is 0 Å². The van der Waals surface area contributed by atoms with Crippen molar-refractivity contribution in [2.45, 2.75) is 0 Å². The lowest BCUT2D eigenvalue weighted by Gasteiger charge is -2.26. The molecule has 11 rings (SSSR count). The molecule has 0 atom stereocenters. The zero-order valence-electron chi connectivity index (χ0n) is 28.7.